The van der Waals surface area contributed by atoms with Crippen LogP contribution >= 0.6 is 11.6 Å². The number of hydrogen-bond acceptors (Lipinski definition) is 2. The third kappa shape index (κ3) is 3.02. The van der Waals surface area contributed by atoms with E-state index in [1.807, 2.05) is 18.2 Å². The molecule has 2 rings (SSSR count). The molecule has 98 valence electrons. The summed E-state index contributed by atoms with van der Waals surface area (Å²) < 4.78 is 0. The Morgan fingerprint density at radius 3 is 2.58 bits per heavy atom. The van der Waals surface area contributed by atoms with Gasteiger partial charge in [-0.05, 0) is 43.2 Å². The summed E-state index contributed by atoms with van der Waals surface area (Å²) in [6, 6.07) is 11.2. The van der Waals surface area contributed by atoms with Gasteiger partial charge in [-0.3, -0.25) is 9.78 Å². The molecule has 0 saturated carbocycles. The molecule has 0 unspecified atom stereocenters. The third-order valence-electron chi connectivity index (χ3n) is 3.01. The minimum Gasteiger partial charge on any atom is -0.295 e. The van der Waals surface area contributed by atoms with Crippen LogP contribution in [0.15, 0.2) is 36.4 Å². The molecule has 0 amide bonds. The van der Waals surface area contributed by atoms with E-state index in [4.69, 9.17) is 11.6 Å². The number of rotatable bonds is 3. The first-order valence-corrected chi connectivity index (χ1v) is 6.64. The van der Waals surface area contributed by atoms with Crippen LogP contribution in [0, 0.1) is 0 Å². The van der Waals surface area contributed by atoms with E-state index in [1.165, 1.54) is 0 Å². The van der Waals surface area contributed by atoms with Crippen molar-refractivity contribution in [3.8, 4) is 11.3 Å². The largest absolute Gasteiger partial charge is 0.295 e. The summed E-state index contributed by atoms with van der Waals surface area (Å²) in [6.07, 6.45) is 0. The number of ketones is 1. The summed E-state index contributed by atoms with van der Waals surface area (Å²) in [5.74, 6) is 0.382. The topological polar surface area (TPSA) is 30.0 Å². The quantitative estimate of drug-likeness (QED) is 0.757. The van der Waals surface area contributed by atoms with Crippen LogP contribution in [-0.2, 0) is 0 Å². The summed E-state index contributed by atoms with van der Waals surface area (Å²) in [6.45, 7) is 5.74. The summed E-state index contributed by atoms with van der Waals surface area (Å²) >= 11 is 6.22. The van der Waals surface area contributed by atoms with Gasteiger partial charge >= 0.3 is 0 Å². The summed E-state index contributed by atoms with van der Waals surface area (Å²) in [4.78, 5) is 16.1. The van der Waals surface area contributed by atoms with Gasteiger partial charge in [0.2, 0.25) is 0 Å². The first-order valence-electron chi connectivity index (χ1n) is 6.27. The van der Waals surface area contributed by atoms with Gasteiger partial charge in [0.15, 0.2) is 5.78 Å². The van der Waals surface area contributed by atoms with Crippen molar-refractivity contribution in [2.24, 2.45) is 0 Å². The third-order valence-corrected chi connectivity index (χ3v) is 3.34. The molecular formula is C16H16ClNO. The number of hydrogen-bond donors (Lipinski definition) is 0. The van der Waals surface area contributed by atoms with Crippen molar-refractivity contribution in [2.45, 2.75) is 26.7 Å². The zero-order valence-corrected chi connectivity index (χ0v) is 12.0. The second-order valence-corrected chi connectivity index (χ2v) is 5.26. The minimum atomic E-state index is 0.0259. The van der Waals surface area contributed by atoms with E-state index in [9.17, 15) is 4.79 Å². The molecule has 3 heteroatoms. The van der Waals surface area contributed by atoms with Gasteiger partial charge in [-0.25, -0.2) is 0 Å². The molecule has 0 aliphatic rings. The highest BCUT2D eigenvalue weighted by Crippen LogP contribution is 2.28. The van der Waals surface area contributed by atoms with Gasteiger partial charge in [-0.2, -0.15) is 0 Å². The smallest absolute Gasteiger partial charge is 0.159 e. The Bertz CT molecular complexity index is 620. The molecule has 0 bridgehead atoms. The Labute approximate surface area is 118 Å². The predicted octanol–water partition coefficient (Wildman–Crippen LogP) is 4.73. The lowest BCUT2D eigenvalue weighted by Crippen LogP contribution is -1.96. The van der Waals surface area contributed by atoms with Crippen LogP contribution in [0.1, 0.15) is 42.7 Å². The Kier molecular flexibility index (Phi) is 4.01. The lowest BCUT2D eigenvalue weighted by Gasteiger charge is -2.09. The van der Waals surface area contributed by atoms with Gasteiger partial charge in [0.05, 0.1) is 10.7 Å². The first kappa shape index (κ1) is 13.8. The van der Waals surface area contributed by atoms with Crippen molar-refractivity contribution in [3.63, 3.8) is 0 Å². The predicted molar refractivity (Wildman–Crippen MR) is 78.8 cm³/mol. The minimum absolute atomic E-state index is 0.0259. The second-order valence-electron chi connectivity index (χ2n) is 4.85. The first-order chi connectivity index (χ1) is 8.99. The molecule has 0 aliphatic carbocycles. The molecule has 1 aromatic heterocycles. The highest BCUT2D eigenvalue weighted by Gasteiger charge is 2.10. The number of nitrogens with zero attached hydrogens (tertiary/aromatic N) is 1. The van der Waals surface area contributed by atoms with Crippen LogP contribution in [0.2, 0.25) is 5.02 Å². The standard InChI is InChI=1S/C16H16ClNO/c1-10(2)15-5-4-6-16(18-15)13-9-12(11(3)19)7-8-14(13)17/h4-10H,1-3H3. The number of carbonyl (C=O) groups is 1. The van der Waals surface area contributed by atoms with E-state index in [0.29, 0.717) is 16.5 Å². The van der Waals surface area contributed by atoms with Crippen molar-refractivity contribution in [3.05, 3.63) is 52.7 Å². The van der Waals surface area contributed by atoms with Gasteiger partial charge in [0.1, 0.15) is 0 Å². The molecule has 0 spiro atoms. The normalized spacial score (nSPS) is 10.8. The van der Waals surface area contributed by atoms with Gasteiger partial charge in [0, 0.05) is 16.8 Å². The molecule has 1 heterocycles. The van der Waals surface area contributed by atoms with Crippen molar-refractivity contribution in [1.29, 1.82) is 0 Å². The van der Waals surface area contributed by atoms with E-state index in [0.717, 1.165) is 17.0 Å². The molecular weight excluding hydrogens is 258 g/mol. The lowest BCUT2D eigenvalue weighted by atomic mass is 10.0. The van der Waals surface area contributed by atoms with E-state index in [1.54, 1.807) is 25.1 Å². The van der Waals surface area contributed by atoms with Gasteiger partial charge in [-0.15, -0.1) is 0 Å². The average molecular weight is 274 g/mol. The fourth-order valence-corrected chi connectivity index (χ4v) is 2.08. The molecule has 19 heavy (non-hydrogen) atoms. The number of benzene rings is 1. The van der Waals surface area contributed by atoms with Crippen LogP contribution in [0.3, 0.4) is 0 Å². The highest BCUT2D eigenvalue weighted by atomic mass is 35.5. The molecule has 0 fully saturated rings. The zero-order valence-electron chi connectivity index (χ0n) is 11.3. The number of carbonyl (C=O) groups excluding carboxylic acids is 1. The van der Waals surface area contributed by atoms with E-state index < -0.39 is 0 Å². The monoisotopic (exact) mass is 273 g/mol. The van der Waals surface area contributed by atoms with Crippen LogP contribution in [0.4, 0.5) is 0 Å². The van der Waals surface area contributed by atoms with E-state index >= 15 is 0 Å². The number of pyridine rings is 1. The average Bonchev–Trinajstić information content (AvgIpc) is 2.39. The van der Waals surface area contributed by atoms with Gasteiger partial charge < -0.3 is 0 Å². The van der Waals surface area contributed by atoms with Crippen molar-refractivity contribution in [1.82, 2.24) is 4.98 Å². The number of Topliss-reactive ketones (excluding diaryl/α,β-unsaturated/α-hetero) is 1. The molecule has 0 radical (unpaired) electrons. The molecule has 2 aromatic rings. The summed E-state index contributed by atoms with van der Waals surface area (Å²) in [5, 5.41) is 0.610. The molecule has 0 aliphatic heterocycles. The highest BCUT2D eigenvalue weighted by molar-refractivity contribution is 6.33. The van der Waals surface area contributed by atoms with E-state index in [-0.39, 0.29) is 5.78 Å². The molecule has 2 nitrogen and oxygen atoms in total. The Morgan fingerprint density at radius 1 is 1.21 bits per heavy atom. The van der Waals surface area contributed by atoms with Crippen molar-refractivity contribution >= 4 is 17.4 Å². The maximum absolute atomic E-state index is 11.5. The van der Waals surface area contributed by atoms with Crippen LogP contribution < -0.4 is 0 Å². The zero-order chi connectivity index (χ0) is 14.0. The van der Waals surface area contributed by atoms with Crippen LogP contribution in [0.5, 0.6) is 0 Å². The van der Waals surface area contributed by atoms with Crippen molar-refractivity contribution in [2.75, 3.05) is 0 Å². The Morgan fingerprint density at radius 2 is 1.95 bits per heavy atom. The SMILES string of the molecule is CC(=O)c1ccc(Cl)c(-c2cccc(C(C)C)n2)c1. The van der Waals surface area contributed by atoms with Gasteiger partial charge in [-0.1, -0.05) is 31.5 Å². The van der Waals surface area contributed by atoms with Crippen molar-refractivity contribution < 1.29 is 4.79 Å². The number of halogens is 1. The fraction of sp³-hybridized carbons (Fsp3) is 0.250. The molecule has 0 atom stereocenters. The van der Waals surface area contributed by atoms with Crippen LogP contribution in [-0.4, -0.2) is 10.8 Å². The molecule has 1 aromatic carbocycles. The Hall–Kier alpha value is -1.67. The second kappa shape index (κ2) is 5.54. The molecule has 0 saturated heterocycles. The number of aromatic nitrogens is 1. The van der Waals surface area contributed by atoms with Gasteiger partial charge in [0.25, 0.3) is 0 Å². The van der Waals surface area contributed by atoms with E-state index in [2.05, 4.69) is 18.8 Å². The lowest BCUT2D eigenvalue weighted by molar-refractivity contribution is 0.101. The fourth-order valence-electron chi connectivity index (χ4n) is 1.86. The Balaban J connectivity index is 2.54. The molecule has 0 N–H and O–H groups in total. The summed E-state index contributed by atoms with van der Waals surface area (Å²) in [7, 11) is 0. The summed E-state index contributed by atoms with van der Waals surface area (Å²) in [5.41, 5.74) is 3.27. The maximum Gasteiger partial charge on any atom is 0.159 e. The maximum atomic E-state index is 11.5. The van der Waals surface area contributed by atoms with Crippen LogP contribution in [0.25, 0.3) is 11.3 Å².